The summed E-state index contributed by atoms with van der Waals surface area (Å²) in [6.45, 7) is 6.77. The second kappa shape index (κ2) is 7.00. The van der Waals surface area contributed by atoms with Crippen LogP contribution in [0.3, 0.4) is 0 Å². The Balaban J connectivity index is 1.76. The van der Waals surface area contributed by atoms with Gasteiger partial charge < -0.3 is 5.73 Å². The van der Waals surface area contributed by atoms with Crippen molar-refractivity contribution in [2.24, 2.45) is 0 Å². The van der Waals surface area contributed by atoms with Gasteiger partial charge in [-0.25, -0.2) is 0 Å². The summed E-state index contributed by atoms with van der Waals surface area (Å²) in [5, 5.41) is 2.64. The van der Waals surface area contributed by atoms with E-state index in [4.69, 9.17) is 5.73 Å². The van der Waals surface area contributed by atoms with E-state index in [0.29, 0.717) is 0 Å². The van der Waals surface area contributed by atoms with Crippen LogP contribution >= 0.6 is 11.3 Å². The fraction of sp³-hybridized carbons (Fsp3) is 0.143. The van der Waals surface area contributed by atoms with Crippen LogP contribution in [-0.2, 0) is 5.41 Å². The van der Waals surface area contributed by atoms with E-state index in [1.807, 2.05) is 17.4 Å². The van der Waals surface area contributed by atoms with Crippen molar-refractivity contribution in [3.63, 3.8) is 0 Å². The van der Waals surface area contributed by atoms with Crippen LogP contribution in [0.15, 0.2) is 84.9 Å². The van der Waals surface area contributed by atoms with Gasteiger partial charge in [-0.2, -0.15) is 0 Å². The zero-order chi connectivity index (χ0) is 20.9. The van der Waals surface area contributed by atoms with Crippen LogP contribution in [0.25, 0.3) is 42.4 Å². The van der Waals surface area contributed by atoms with Crippen molar-refractivity contribution in [2.75, 3.05) is 5.73 Å². The van der Waals surface area contributed by atoms with Gasteiger partial charge in [-0.05, 0) is 46.4 Å². The summed E-state index contributed by atoms with van der Waals surface area (Å²) in [7, 11) is 0. The van der Waals surface area contributed by atoms with Gasteiger partial charge in [-0.1, -0.05) is 81.4 Å². The number of anilines is 1. The lowest BCUT2D eigenvalue weighted by Crippen LogP contribution is -2.12. The van der Waals surface area contributed by atoms with Gasteiger partial charge in [0, 0.05) is 37.0 Å². The Kier molecular flexibility index (Phi) is 4.41. The molecule has 1 nitrogen and oxygen atoms in total. The smallest absolute Gasteiger partial charge is 0.0473 e. The van der Waals surface area contributed by atoms with Crippen molar-refractivity contribution in [3.8, 4) is 22.3 Å². The van der Waals surface area contributed by atoms with Crippen LogP contribution < -0.4 is 5.73 Å². The molecule has 0 amide bonds. The third-order valence-corrected chi connectivity index (χ3v) is 6.95. The molecule has 0 atom stereocenters. The Hall–Kier alpha value is -3.10. The Morgan fingerprint density at radius 1 is 0.633 bits per heavy atom. The molecule has 0 radical (unpaired) electrons. The zero-order valence-corrected chi connectivity index (χ0v) is 18.4. The van der Waals surface area contributed by atoms with Gasteiger partial charge >= 0.3 is 0 Å². The molecule has 5 aromatic rings. The van der Waals surface area contributed by atoms with Gasteiger partial charge in [-0.15, -0.1) is 11.3 Å². The normalized spacial score (nSPS) is 12.0. The minimum absolute atomic E-state index is 0.0354. The number of fused-ring (bicyclic) bond motifs is 3. The summed E-state index contributed by atoms with van der Waals surface area (Å²) in [5.74, 6) is 0. The van der Waals surface area contributed by atoms with Crippen LogP contribution in [0.2, 0.25) is 0 Å². The second-order valence-electron chi connectivity index (χ2n) is 8.91. The van der Waals surface area contributed by atoms with Crippen molar-refractivity contribution >= 4 is 37.2 Å². The number of nitrogens with two attached hydrogens (primary N) is 1. The summed E-state index contributed by atoms with van der Waals surface area (Å²) in [6.07, 6.45) is 0. The molecule has 1 heterocycles. The molecule has 0 saturated carbocycles. The number of thiophene rings is 1. The number of hydrogen-bond donors (Lipinski definition) is 1. The first kappa shape index (κ1) is 18.9. The Labute approximate surface area is 181 Å². The molecule has 0 aliphatic carbocycles. The largest absolute Gasteiger partial charge is 0.398 e. The highest BCUT2D eigenvalue weighted by Gasteiger charge is 2.20. The number of nitrogen functional groups attached to an aromatic ring is 1. The highest BCUT2D eigenvalue weighted by atomic mass is 32.1. The molecule has 0 aliphatic heterocycles. The fourth-order valence-corrected chi connectivity index (χ4v) is 5.22. The van der Waals surface area contributed by atoms with Gasteiger partial charge in [-0.3, -0.25) is 0 Å². The maximum Gasteiger partial charge on any atom is 0.0473 e. The molecule has 148 valence electrons. The molecule has 0 fully saturated rings. The molecule has 0 saturated heterocycles. The topological polar surface area (TPSA) is 26.0 Å². The first-order valence-corrected chi connectivity index (χ1v) is 11.1. The Morgan fingerprint density at radius 2 is 1.27 bits per heavy atom. The summed E-state index contributed by atoms with van der Waals surface area (Å²) < 4.78 is 2.63. The summed E-state index contributed by atoms with van der Waals surface area (Å²) in [6, 6.07) is 30.4. The molecule has 2 heteroatoms. The van der Waals surface area contributed by atoms with E-state index < -0.39 is 0 Å². The van der Waals surface area contributed by atoms with Crippen molar-refractivity contribution in [1.82, 2.24) is 0 Å². The van der Waals surface area contributed by atoms with Crippen LogP contribution in [0.5, 0.6) is 0 Å². The molecule has 2 N–H and O–H groups in total. The predicted octanol–water partition coefficient (Wildman–Crippen LogP) is 8.27. The number of benzene rings is 4. The molecule has 0 unspecified atom stereocenters. The van der Waals surface area contributed by atoms with E-state index in [-0.39, 0.29) is 5.41 Å². The summed E-state index contributed by atoms with van der Waals surface area (Å²) in [4.78, 5) is 0. The summed E-state index contributed by atoms with van der Waals surface area (Å²) in [5.41, 5.74) is 13.5. The van der Waals surface area contributed by atoms with E-state index in [2.05, 4.69) is 99.6 Å². The van der Waals surface area contributed by atoms with Gasteiger partial charge in [0.15, 0.2) is 0 Å². The molecule has 1 aromatic heterocycles. The van der Waals surface area contributed by atoms with Crippen LogP contribution in [0.1, 0.15) is 26.3 Å². The van der Waals surface area contributed by atoms with Crippen molar-refractivity contribution < 1.29 is 0 Å². The third-order valence-electron chi connectivity index (χ3n) is 5.82. The number of hydrogen-bond acceptors (Lipinski definition) is 2. The van der Waals surface area contributed by atoms with Crippen molar-refractivity contribution in [3.05, 3.63) is 90.5 Å². The minimum atomic E-state index is 0.0354. The summed E-state index contributed by atoms with van der Waals surface area (Å²) >= 11 is 1.85. The van der Waals surface area contributed by atoms with Crippen molar-refractivity contribution in [2.45, 2.75) is 26.2 Å². The maximum absolute atomic E-state index is 6.78. The minimum Gasteiger partial charge on any atom is -0.398 e. The number of rotatable bonds is 2. The third kappa shape index (κ3) is 3.18. The Morgan fingerprint density at radius 3 is 2.00 bits per heavy atom. The molecule has 5 rings (SSSR count). The lowest BCUT2D eigenvalue weighted by Gasteiger charge is -2.23. The fourth-order valence-electron chi connectivity index (χ4n) is 4.08. The van der Waals surface area contributed by atoms with E-state index >= 15 is 0 Å². The quantitative estimate of drug-likeness (QED) is 0.293. The zero-order valence-electron chi connectivity index (χ0n) is 17.6. The standard InChI is InChI=1S/C28H25NS/c1-28(2,3)20-16-23(18-9-5-4-6-10-18)27(29)24(17-20)19-13-14-22-21-11-7-8-12-25(21)30-26(22)15-19/h4-17H,29H2,1-3H3. The lowest BCUT2D eigenvalue weighted by molar-refractivity contribution is 0.591. The second-order valence-corrected chi connectivity index (χ2v) is 9.99. The highest BCUT2D eigenvalue weighted by molar-refractivity contribution is 7.25. The lowest BCUT2D eigenvalue weighted by atomic mass is 9.82. The first-order chi connectivity index (χ1) is 14.4. The molecule has 30 heavy (non-hydrogen) atoms. The van der Waals surface area contributed by atoms with Crippen LogP contribution in [-0.4, -0.2) is 0 Å². The van der Waals surface area contributed by atoms with E-state index in [1.165, 1.54) is 31.3 Å². The molecule has 0 aliphatic rings. The predicted molar refractivity (Wildman–Crippen MR) is 133 cm³/mol. The van der Waals surface area contributed by atoms with E-state index in [0.717, 1.165) is 22.4 Å². The van der Waals surface area contributed by atoms with Crippen molar-refractivity contribution in [1.29, 1.82) is 0 Å². The van der Waals surface area contributed by atoms with Gasteiger partial charge in [0.25, 0.3) is 0 Å². The molecular weight excluding hydrogens is 382 g/mol. The molecular formula is C28H25NS. The Bertz CT molecular complexity index is 1370. The van der Waals surface area contributed by atoms with Gasteiger partial charge in [0.1, 0.15) is 0 Å². The molecule has 4 aromatic carbocycles. The van der Waals surface area contributed by atoms with Crippen LogP contribution in [0, 0.1) is 0 Å². The van der Waals surface area contributed by atoms with Gasteiger partial charge in [0.2, 0.25) is 0 Å². The average Bonchev–Trinajstić information content (AvgIpc) is 3.11. The molecule has 0 bridgehead atoms. The average molecular weight is 408 g/mol. The monoisotopic (exact) mass is 407 g/mol. The first-order valence-electron chi connectivity index (χ1n) is 10.3. The van der Waals surface area contributed by atoms with E-state index in [9.17, 15) is 0 Å². The SMILES string of the molecule is CC(C)(C)c1cc(-c2ccccc2)c(N)c(-c2ccc3c(c2)sc2ccccc23)c1. The highest BCUT2D eigenvalue weighted by Crippen LogP contribution is 2.42. The molecule has 0 spiro atoms. The van der Waals surface area contributed by atoms with Crippen LogP contribution in [0.4, 0.5) is 5.69 Å². The van der Waals surface area contributed by atoms with E-state index in [1.54, 1.807) is 0 Å². The maximum atomic E-state index is 6.78. The van der Waals surface area contributed by atoms with Gasteiger partial charge in [0.05, 0.1) is 0 Å².